The molecule has 1 aliphatic rings. The second kappa shape index (κ2) is 9.17. The molecule has 1 fully saturated rings. The quantitative estimate of drug-likeness (QED) is 0.477. The van der Waals surface area contributed by atoms with Gasteiger partial charge in [0, 0.05) is 41.9 Å². The van der Waals surface area contributed by atoms with Gasteiger partial charge < -0.3 is 15.5 Å². The van der Waals surface area contributed by atoms with Gasteiger partial charge in [0.05, 0.1) is 0 Å². The number of nitrogens with one attached hydrogen (secondary N) is 2. The van der Waals surface area contributed by atoms with Crippen molar-refractivity contribution in [2.45, 2.75) is 0 Å². The Labute approximate surface area is 187 Å². The molecule has 2 aromatic carbocycles. The van der Waals surface area contributed by atoms with Gasteiger partial charge in [0.25, 0.3) is 5.91 Å². The number of nitrogens with zero attached hydrogens (tertiary/aromatic N) is 4. The molecule has 4 rings (SSSR count). The van der Waals surface area contributed by atoms with Crippen molar-refractivity contribution in [1.82, 2.24) is 15.4 Å². The van der Waals surface area contributed by atoms with E-state index in [4.69, 9.17) is 5.73 Å². The van der Waals surface area contributed by atoms with E-state index in [1.807, 2.05) is 0 Å². The highest BCUT2D eigenvalue weighted by Gasteiger charge is 2.21. The third-order valence-corrected chi connectivity index (χ3v) is 5.56. The van der Waals surface area contributed by atoms with Crippen LogP contribution in [-0.2, 0) is 0 Å². The Balaban J connectivity index is 1.39. The highest BCUT2D eigenvalue weighted by molar-refractivity contribution is 9.10. The summed E-state index contributed by atoms with van der Waals surface area (Å²) < 4.78 is 14.0. The van der Waals surface area contributed by atoms with Gasteiger partial charge in [0.2, 0.25) is 0 Å². The molecule has 0 radical (unpaired) electrons. The lowest BCUT2D eigenvalue weighted by Crippen LogP contribution is -2.47. The van der Waals surface area contributed by atoms with Crippen molar-refractivity contribution in [3.05, 3.63) is 70.7 Å². The summed E-state index contributed by atoms with van der Waals surface area (Å²) >= 11 is 3.34. The van der Waals surface area contributed by atoms with E-state index in [1.54, 1.807) is 36.4 Å². The topological polar surface area (TPSA) is 99.4 Å². The summed E-state index contributed by atoms with van der Waals surface area (Å²) in [7, 11) is 0. The van der Waals surface area contributed by atoms with Crippen LogP contribution in [-0.4, -0.2) is 42.1 Å². The number of nitrogens with two attached hydrogens (primary N) is 1. The average Bonchev–Trinajstić information content (AvgIpc) is 2.79. The van der Waals surface area contributed by atoms with Gasteiger partial charge in [-0.25, -0.2) is 14.4 Å². The van der Waals surface area contributed by atoms with Crippen molar-refractivity contribution in [3.8, 4) is 0 Å². The van der Waals surface area contributed by atoms with Gasteiger partial charge in [0.1, 0.15) is 17.8 Å². The number of nitrogen functional groups attached to an aromatic ring is 1. The summed E-state index contributed by atoms with van der Waals surface area (Å²) in [5, 5.41) is 0. The minimum Gasteiger partial charge on any atom is -0.393 e. The van der Waals surface area contributed by atoms with Crippen LogP contribution in [0.25, 0.3) is 0 Å². The van der Waals surface area contributed by atoms with Crippen molar-refractivity contribution < 1.29 is 9.18 Å². The van der Waals surface area contributed by atoms with E-state index < -0.39 is 0 Å². The van der Waals surface area contributed by atoms with Crippen LogP contribution in [0.5, 0.6) is 0 Å². The fourth-order valence-corrected chi connectivity index (χ4v) is 3.62. The molecule has 1 aromatic heterocycles. The van der Waals surface area contributed by atoms with Gasteiger partial charge in [0.15, 0.2) is 11.6 Å². The number of halogens is 2. The highest BCUT2D eigenvalue weighted by atomic mass is 79.9. The average molecular weight is 486 g/mol. The van der Waals surface area contributed by atoms with Gasteiger partial charge in [-0.1, -0.05) is 15.9 Å². The van der Waals surface area contributed by atoms with E-state index in [0.717, 1.165) is 23.2 Å². The molecule has 0 atom stereocenters. The van der Waals surface area contributed by atoms with Gasteiger partial charge >= 0.3 is 0 Å². The van der Waals surface area contributed by atoms with Crippen molar-refractivity contribution in [3.63, 3.8) is 0 Å². The van der Waals surface area contributed by atoms with E-state index in [1.165, 1.54) is 18.5 Å². The number of rotatable bonds is 5. The zero-order chi connectivity index (χ0) is 21.8. The number of anilines is 4. The third-order valence-electron chi connectivity index (χ3n) is 5.03. The number of hydrogen-bond acceptors (Lipinski definition) is 7. The Bertz CT molecular complexity index is 1050. The van der Waals surface area contributed by atoms with Crippen LogP contribution in [0.1, 0.15) is 10.4 Å². The van der Waals surface area contributed by atoms with Crippen LogP contribution >= 0.6 is 15.9 Å². The Morgan fingerprint density at radius 2 is 1.61 bits per heavy atom. The maximum absolute atomic E-state index is 13.2. The predicted molar refractivity (Wildman–Crippen MR) is 123 cm³/mol. The molecule has 8 nitrogen and oxygen atoms in total. The molecule has 1 amide bonds. The first-order valence-electron chi connectivity index (χ1n) is 9.69. The van der Waals surface area contributed by atoms with Crippen LogP contribution < -0.4 is 26.4 Å². The Morgan fingerprint density at radius 1 is 0.968 bits per heavy atom. The molecule has 10 heteroatoms. The second-order valence-corrected chi connectivity index (χ2v) is 7.91. The molecule has 0 unspecified atom stereocenters. The Kier molecular flexibility index (Phi) is 6.17. The van der Waals surface area contributed by atoms with Crippen molar-refractivity contribution in [2.75, 3.05) is 47.1 Å². The van der Waals surface area contributed by atoms with E-state index in [9.17, 15) is 9.18 Å². The summed E-state index contributed by atoms with van der Waals surface area (Å²) in [6, 6.07) is 13.5. The van der Waals surface area contributed by atoms with Gasteiger partial charge in [-0.05, 0) is 48.5 Å². The third kappa shape index (κ3) is 4.85. The first-order valence-corrected chi connectivity index (χ1v) is 10.5. The number of carbonyl (C=O) groups is 1. The number of aromatic nitrogens is 2. The molecule has 31 heavy (non-hydrogen) atoms. The minimum atomic E-state index is -0.306. The van der Waals surface area contributed by atoms with Crippen LogP contribution in [0.15, 0.2) is 59.3 Å². The van der Waals surface area contributed by atoms with Gasteiger partial charge in [-0.15, -0.1) is 0 Å². The fraction of sp³-hybridized carbons (Fsp3) is 0.190. The number of benzene rings is 2. The maximum atomic E-state index is 13.2. The monoisotopic (exact) mass is 485 g/mol. The number of piperazine rings is 1. The van der Waals surface area contributed by atoms with E-state index in [-0.39, 0.29) is 11.7 Å². The standard InChI is InChI=1S/C21H21BrFN7O/c22-15-3-1-14(2-4-15)21(31)28-27-19-18(24)20(26-13-25-19)30-11-9-29(10-12-30)17-7-5-16(23)6-8-17/h1-8,13H,9-12,24H2,(H,28,31)(H,25,26,27). The molecular formula is C21H21BrFN7O. The molecule has 2 heterocycles. The first-order chi connectivity index (χ1) is 15.0. The zero-order valence-electron chi connectivity index (χ0n) is 16.6. The van der Waals surface area contributed by atoms with Crippen molar-refractivity contribution in [1.29, 1.82) is 0 Å². The Morgan fingerprint density at radius 3 is 2.29 bits per heavy atom. The van der Waals surface area contributed by atoms with Crippen LogP contribution in [0.3, 0.4) is 0 Å². The molecule has 1 aliphatic heterocycles. The summed E-state index contributed by atoms with van der Waals surface area (Å²) in [5.74, 6) is 0.383. The van der Waals surface area contributed by atoms with E-state index >= 15 is 0 Å². The van der Waals surface area contributed by atoms with Crippen molar-refractivity contribution in [2.24, 2.45) is 0 Å². The highest BCUT2D eigenvalue weighted by Crippen LogP contribution is 2.27. The minimum absolute atomic E-state index is 0.247. The number of hydrazine groups is 1. The molecule has 0 spiro atoms. The van der Waals surface area contributed by atoms with E-state index in [2.05, 4.69) is 46.5 Å². The summed E-state index contributed by atoms with van der Waals surface area (Å²) in [5.41, 5.74) is 13.5. The lowest BCUT2D eigenvalue weighted by Gasteiger charge is -2.37. The lowest BCUT2D eigenvalue weighted by atomic mass is 10.2. The normalized spacial score (nSPS) is 13.7. The van der Waals surface area contributed by atoms with Gasteiger partial charge in [-0.2, -0.15) is 0 Å². The maximum Gasteiger partial charge on any atom is 0.269 e. The summed E-state index contributed by atoms with van der Waals surface area (Å²) in [6.07, 6.45) is 1.41. The molecular weight excluding hydrogens is 465 g/mol. The largest absolute Gasteiger partial charge is 0.393 e. The summed E-state index contributed by atoms with van der Waals surface area (Å²) in [4.78, 5) is 25.0. The zero-order valence-corrected chi connectivity index (χ0v) is 18.1. The van der Waals surface area contributed by atoms with Crippen molar-refractivity contribution >= 4 is 44.8 Å². The molecule has 0 bridgehead atoms. The predicted octanol–water partition coefficient (Wildman–Crippen LogP) is 3.04. The second-order valence-electron chi connectivity index (χ2n) is 7.00. The first kappa shape index (κ1) is 20.9. The van der Waals surface area contributed by atoms with Crippen LogP contribution in [0.2, 0.25) is 0 Å². The molecule has 3 aromatic rings. The molecule has 0 aliphatic carbocycles. The lowest BCUT2D eigenvalue weighted by molar-refractivity contribution is 0.0962. The molecule has 1 saturated heterocycles. The SMILES string of the molecule is Nc1c(NNC(=O)c2ccc(Br)cc2)ncnc1N1CCN(c2ccc(F)cc2)CC1. The molecule has 4 N–H and O–H groups in total. The van der Waals surface area contributed by atoms with Crippen LogP contribution in [0.4, 0.5) is 27.4 Å². The number of carbonyl (C=O) groups excluding carboxylic acids is 1. The van der Waals surface area contributed by atoms with E-state index in [0.29, 0.717) is 36.0 Å². The Hall–Kier alpha value is -3.40. The fourth-order valence-electron chi connectivity index (χ4n) is 3.36. The summed E-state index contributed by atoms with van der Waals surface area (Å²) in [6.45, 7) is 2.89. The van der Waals surface area contributed by atoms with Crippen LogP contribution in [0, 0.1) is 5.82 Å². The molecule has 0 saturated carbocycles. The number of hydrogen-bond donors (Lipinski definition) is 3. The smallest absolute Gasteiger partial charge is 0.269 e. The number of amides is 1. The molecule has 160 valence electrons. The van der Waals surface area contributed by atoms with Gasteiger partial charge in [-0.3, -0.25) is 15.6 Å².